The smallest absolute Gasteiger partial charge is 0.190 e. The van der Waals surface area contributed by atoms with E-state index in [1.165, 1.54) is 25.7 Å². The summed E-state index contributed by atoms with van der Waals surface area (Å²) in [5.41, 5.74) is 1.71. The molecule has 1 aliphatic carbocycles. The summed E-state index contributed by atoms with van der Waals surface area (Å²) in [6, 6.07) is 10.4. The van der Waals surface area contributed by atoms with Gasteiger partial charge in [-0.15, -0.1) is 10.2 Å². The van der Waals surface area contributed by atoms with Crippen LogP contribution in [0.4, 0.5) is 5.82 Å². The lowest BCUT2D eigenvalue weighted by molar-refractivity contribution is 0.742. The van der Waals surface area contributed by atoms with Crippen molar-refractivity contribution in [3.8, 4) is 5.69 Å². The molecule has 1 saturated carbocycles. The van der Waals surface area contributed by atoms with Crippen LogP contribution >= 0.6 is 0 Å². The summed E-state index contributed by atoms with van der Waals surface area (Å²) >= 11 is 0. The highest BCUT2D eigenvalue weighted by Gasteiger charge is 2.18. The Balaban J connectivity index is 1.75. The van der Waals surface area contributed by atoms with Gasteiger partial charge in [-0.2, -0.15) is 5.10 Å². The highest BCUT2D eigenvalue weighted by molar-refractivity contribution is 5.86. The summed E-state index contributed by atoms with van der Waals surface area (Å²) in [5.74, 6) is 0.786. The Labute approximate surface area is 122 Å². The molecule has 106 valence electrons. The molecule has 1 N–H and O–H groups in total. The van der Waals surface area contributed by atoms with E-state index in [2.05, 4.69) is 25.8 Å². The molecule has 0 spiro atoms. The van der Waals surface area contributed by atoms with Crippen LogP contribution < -0.4 is 5.32 Å². The van der Waals surface area contributed by atoms with Gasteiger partial charge in [0.15, 0.2) is 11.5 Å². The minimum atomic E-state index is 0.491. The van der Waals surface area contributed by atoms with Gasteiger partial charge in [0.25, 0.3) is 0 Å². The van der Waals surface area contributed by atoms with Crippen LogP contribution in [0.2, 0.25) is 0 Å². The Hall–Kier alpha value is -2.50. The van der Waals surface area contributed by atoms with Crippen LogP contribution in [0.3, 0.4) is 0 Å². The van der Waals surface area contributed by atoms with Gasteiger partial charge in [-0.05, 0) is 30.2 Å². The van der Waals surface area contributed by atoms with Crippen molar-refractivity contribution in [3.05, 3.63) is 36.5 Å². The Kier molecular flexibility index (Phi) is 2.99. The number of para-hydroxylation sites is 1. The van der Waals surface area contributed by atoms with E-state index in [0.29, 0.717) is 6.04 Å². The van der Waals surface area contributed by atoms with E-state index < -0.39 is 0 Å². The number of rotatable bonds is 3. The second kappa shape index (κ2) is 5.12. The van der Waals surface area contributed by atoms with Gasteiger partial charge in [0.2, 0.25) is 0 Å². The molecule has 21 heavy (non-hydrogen) atoms. The van der Waals surface area contributed by atoms with Crippen molar-refractivity contribution in [1.29, 1.82) is 0 Å². The van der Waals surface area contributed by atoms with Crippen molar-refractivity contribution in [2.75, 3.05) is 5.32 Å². The van der Waals surface area contributed by atoms with Crippen molar-refractivity contribution < 1.29 is 0 Å². The van der Waals surface area contributed by atoms with Gasteiger partial charge in [-0.25, -0.2) is 4.68 Å². The molecule has 2 aromatic heterocycles. The maximum atomic E-state index is 4.43. The number of nitrogens with one attached hydrogen (secondary N) is 1. The first-order valence-electron chi connectivity index (χ1n) is 7.31. The molecule has 1 aromatic carbocycles. The third kappa shape index (κ3) is 2.22. The molecular formula is C15H16N6. The first-order valence-corrected chi connectivity index (χ1v) is 7.31. The summed E-state index contributed by atoms with van der Waals surface area (Å²) in [6.45, 7) is 0. The van der Waals surface area contributed by atoms with Gasteiger partial charge >= 0.3 is 0 Å². The predicted molar refractivity (Wildman–Crippen MR) is 80.3 cm³/mol. The minimum Gasteiger partial charge on any atom is -0.365 e. The monoisotopic (exact) mass is 280 g/mol. The normalized spacial score (nSPS) is 15.6. The van der Waals surface area contributed by atoms with Crippen molar-refractivity contribution in [1.82, 2.24) is 25.2 Å². The van der Waals surface area contributed by atoms with E-state index in [9.17, 15) is 0 Å². The first-order chi connectivity index (χ1) is 10.4. The van der Waals surface area contributed by atoms with Crippen LogP contribution in [0.5, 0.6) is 0 Å². The maximum absolute atomic E-state index is 4.43. The molecule has 1 fully saturated rings. The Bertz CT molecular complexity index is 745. The summed E-state index contributed by atoms with van der Waals surface area (Å²) in [5, 5.41) is 21.0. The van der Waals surface area contributed by atoms with Gasteiger partial charge in [0.1, 0.15) is 0 Å². The van der Waals surface area contributed by atoms with Crippen LogP contribution in [0, 0.1) is 0 Å². The SMILES string of the molecule is c1ccc(-n2ncc3c(NC4CCCC4)nnnc32)cc1. The number of anilines is 1. The Morgan fingerprint density at radius 2 is 1.86 bits per heavy atom. The lowest BCUT2D eigenvalue weighted by atomic mass is 10.2. The van der Waals surface area contributed by atoms with Gasteiger partial charge < -0.3 is 5.32 Å². The largest absolute Gasteiger partial charge is 0.365 e. The third-order valence-electron chi connectivity index (χ3n) is 3.98. The molecule has 0 bridgehead atoms. The molecule has 0 aliphatic heterocycles. The topological polar surface area (TPSA) is 68.5 Å². The van der Waals surface area contributed by atoms with Crippen molar-refractivity contribution in [2.24, 2.45) is 0 Å². The van der Waals surface area contributed by atoms with Crippen LogP contribution in [0.15, 0.2) is 36.5 Å². The fraction of sp³-hybridized carbons (Fsp3) is 0.333. The lowest BCUT2D eigenvalue weighted by Gasteiger charge is -2.11. The third-order valence-corrected chi connectivity index (χ3v) is 3.98. The summed E-state index contributed by atoms with van der Waals surface area (Å²) in [6.07, 6.45) is 6.75. The number of hydrogen-bond acceptors (Lipinski definition) is 5. The van der Waals surface area contributed by atoms with Crippen molar-refractivity contribution in [2.45, 2.75) is 31.7 Å². The van der Waals surface area contributed by atoms with Gasteiger partial charge in [0.05, 0.1) is 17.3 Å². The molecule has 0 radical (unpaired) electrons. The average Bonchev–Trinajstić information content (AvgIpc) is 3.18. The molecule has 6 nitrogen and oxygen atoms in total. The van der Waals surface area contributed by atoms with E-state index >= 15 is 0 Å². The fourth-order valence-electron chi connectivity index (χ4n) is 2.90. The average molecular weight is 280 g/mol. The van der Waals surface area contributed by atoms with Gasteiger partial charge in [0, 0.05) is 6.04 Å². The van der Waals surface area contributed by atoms with E-state index in [1.54, 1.807) is 10.9 Å². The van der Waals surface area contributed by atoms with Gasteiger partial charge in [-0.1, -0.05) is 31.0 Å². The zero-order valence-electron chi connectivity index (χ0n) is 11.6. The summed E-state index contributed by atoms with van der Waals surface area (Å²) in [7, 11) is 0. The minimum absolute atomic E-state index is 0.491. The molecular weight excluding hydrogens is 264 g/mol. The molecule has 0 saturated heterocycles. The number of benzene rings is 1. The molecule has 1 aliphatic rings. The molecule has 4 rings (SSSR count). The summed E-state index contributed by atoms with van der Waals surface area (Å²) < 4.78 is 1.80. The van der Waals surface area contributed by atoms with Crippen molar-refractivity contribution in [3.63, 3.8) is 0 Å². The Morgan fingerprint density at radius 3 is 2.67 bits per heavy atom. The molecule has 2 heterocycles. The zero-order chi connectivity index (χ0) is 14.1. The van der Waals surface area contributed by atoms with Gasteiger partial charge in [-0.3, -0.25) is 0 Å². The molecule has 0 amide bonds. The fourth-order valence-corrected chi connectivity index (χ4v) is 2.90. The summed E-state index contributed by atoms with van der Waals surface area (Å²) in [4.78, 5) is 0. The molecule has 6 heteroatoms. The molecule has 3 aromatic rings. The number of fused-ring (bicyclic) bond motifs is 1. The second-order valence-electron chi connectivity index (χ2n) is 5.39. The lowest BCUT2D eigenvalue weighted by Crippen LogP contribution is -2.16. The second-order valence-corrected chi connectivity index (χ2v) is 5.39. The number of aromatic nitrogens is 5. The maximum Gasteiger partial charge on any atom is 0.190 e. The highest BCUT2D eigenvalue weighted by Crippen LogP contribution is 2.25. The van der Waals surface area contributed by atoms with Crippen molar-refractivity contribution >= 4 is 16.9 Å². The van der Waals surface area contributed by atoms with E-state index in [4.69, 9.17) is 0 Å². The van der Waals surface area contributed by atoms with Crippen LogP contribution in [0.25, 0.3) is 16.7 Å². The molecule has 0 unspecified atom stereocenters. The highest BCUT2D eigenvalue weighted by atomic mass is 15.4. The van der Waals surface area contributed by atoms with E-state index in [-0.39, 0.29) is 0 Å². The van der Waals surface area contributed by atoms with Crippen LogP contribution in [-0.4, -0.2) is 31.2 Å². The van der Waals surface area contributed by atoms with E-state index in [0.717, 1.165) is 22.5 Å². The zero-order valence-corrected chi connectivity index (χ0v) is 11.6. The predicted octanol–water partition coefficient (Wildman–Crippen LogP) is 2.57. The Morgan fingerprint density at radius 1 is 1.05 bits per heavy atom. The van der Waals surface area contributed by atoms with Crippen LogP contribution in [0.1, 0.15) is 25.7 Å². The number of nitrogens with zero attached hydrogens (tertiary/aromatic N) is 5. The molecule has 0 atom stereocenters. The quantitative estimate of drug-likeness (QED) is 0.798. The first kappa shape index (κ1) is 12.3. The van der Waals surface area contributed by atoms with Crippen LogP contribution in [-0.2, 0) is 0 Å². The van der Waals surface area contributed by atoms with E-state index in [1.807, 2.05) is 30.3 Å². The standard InChI is InChI=1S/C15H16N6/c1-2-8-12(9-3-1)21-15-13(10-16-21)14(18-20-19-15)17-11-6-4-5-7-11/h1-3,8-11H,4-7H2,(H,17,18,19). The number of hydrogen-bond donors (Lipinski definition) is 1.